The van der Waals surface area contributed by atoms with Crippen molar-refractivity contribution < 1.29 is 9.53 Å². The minimum atomic E-state index is -0.385. The highest BCUT2D eigenvalue weighted by Gasteiger charge is 2.12. The summed E-state index contributed by atoms with van der Waals surface area (Å²) in [5.74, 6) is -0.385. The Hall–Kier alpha value is -1.55. The molecule has 0 aliphatic carbocycles. The van der Waals surface area contributed by atoms with Gasteiger partial charge >= 0.3 is 5.97 Å². The molecule has 0 atom stereocenters. The Morgan fingerprint density at radius 3 is 2.69 bits per heavy atom. The highest BCUT2D eigenvalue weighted by atomic mass is 16.5. The molecule has 4 nitrogen and oxygen atoms in total. The number of rotatable bonds is 4. The van der Waals surface area contributed by atoms with Crippen LogP contribution in [0.1, 0.15) is 15.9 Å². The van der Waals surface area contributed by atoms with Crippen LogP contribution in [0.5, 0.6) is 0 Å². The normalized spacial score (nSPS) is 10.5. The molecule has 0 aliphatic rings. The van der Waals surface area contributed by atoms with Gasteiger partial charge in [-0.2, -0.15) is 0 Å². The molecule has 4 heteroatoms. The third-order valence-electron chi connectivity index (χ3n) is 2.43. The van der Waals surface area contributed by atoms with Gasteiger partial charge in [0, 0.05) is 12.2 Å². The largest absolute Gasteiger partial charge is 0.465 e. The second kappa shape index (κ2) is 5.51. The number of carbonyl (C=O) groups excluding carboxylic acids is 1. The van der Waals surface area contributed by atoms with Gasteiger partial charge < -0.3 is 15.4 Å². The number of hydrogen-bond donors (Lipinski definition) is 1. The molecule has 1 aromatic carbocycles. The van der Waals surface area contributed by atoms with Crippen LogP contribution in [0.3, 0.4) is 0 Å². The van der Waals surface area contributed by atoms with E-state index in [2.05, 4.69) is 9.64 Å². The number of methoxy groups -OCH3 is 1. The lowest BCUT2D eigenvalue weighted by atomic mass is 10.0. The summed E-state index contributed by atoms with van der Waals surface area (Å²) in [6.07, 6.45) is 0.823. The fraction of sp³-hybridized carbons (Fsp3) is 0.417. The Morgan fingerprint density at radius 1 is 1.44 bits per heavy atom. The number of esters is 1. The number of nitrogen functional groups attached to an aromatic ring is 1. The molecule has 0 unspecified atom stereocenters. The van der Waals surface area contributed by atoms with Crippen molar-refractivity contribution in [2.24, 2.45) is 0 Å². The Labute approximate surface area is 96.0 Å². The van der Waals surface area contributed by atoms with E-state index in [9.17, 15) is 4.79 Å². The average molecular weight is 222 g/mol. The minimum Gasteiger partial charge on any atom is -0.465 e. The molecule has 1 rings (SSSR count). The summed E-state index contributed by atoms with van der Waals surface area (Å²) in [7, 11) is 5.36. The molecule has 0 saturated carbocycles. The predicted octanol–water partition coefficient (Wildman–Crippen LogP) is 1.16. The van der Waals surface area contributed by atoms with Gasteiger partial charge in [0.1, 0.15) is 0 Å². The molecule has 0 aliphatic heterocycles. The van der Waals surface area contributed by atoms with Crippen LogP contribution >= 0.6 is 0 Å². The Kier molecular flexibility index (Phi) is 4.31. The summed E-state index contributed by atoms with van der Waals surface area (Å²) in [6, 6.07) is 5.44. The number of benzene rings is 1. The van der Waals surface area contributed by atoms with E-state index in [1.165, 1.54) is 7.11 Å². The van der Waals surface area contributed by atoms with E-state index < -0.39 is 0 Å². The number of para-hydroxylation sites is 1. The van der Waals surface area contributed by atoms with Crippen molar-refractivity contribution in [2.45, 2.75) is 6.42 Å². The van der Waals surface area contributed by atoms with Gasteiger partial charge in [0.2, 0.25) is 0 Å². The molecule has 0 heterocycles. The van der Waals surface area contributed by atoms with Gasteiger partial charge in [0.05, 0.1) is 12.7 Å². The Morgan fingerprint density at radius 2 is 2.12 bits per heavy atom. The van der Waals surface area contributed by atoms with Gasteiger partial charge in [-0.25, -0.2) is 4.79 Å². The molecule has 88 valence electrons. The molecule has 16 heavy (non-hydrogen) atoms. The number of nitrogens with zero attached hydrogens (tertiary/aromatic N) is 1. The van der Waals surface area contributed by atoms with Crippen molar-refractivity contribution in [1.29, 1.82) is 0 Å². The van der Waals surface area contributed by atoms with E-state index in [0.29, 0.717) is 11.3 Å². The molecule has 0 saturated heterocycles. The quantitative estimate of drug-likeness (QED) is 0.613. The van der Waals surface area contributed by atoms with E-state index in [0.717, 1.165) is 18.5 Å². The van der Waals surface area contributed by atoms with Crippen LogP contribution in [0, 0.1) is 0 Å². The molecule has 0 aromatic heterocycles. The maximum absolute atomic E-state index is 11.4. The zero-order valence-electron chi connectivity index (χ0n) is 9.99. The second-order valence-corrected chi connectivity index (χ2v) is 3.92. The predicted molar refractivity (Wildman–Crippen MR) is 64.5 cm³/mol. The number of anilines is 1. The molecule has 0 amide bonds. The molecular formula is C12H18N2O2. The van der Waals surface area contributed by atoms with Crippen LogP contribution in [0.15, 0.2) is 18.2 Å². The number of nitrogens with two attached hydrogens (primary N) is 1. The topological polar surface area (TPSA) is 55.6 Å². The van der Waals surface area contributed by atoms with Crippen molar-refractivity contribution in [3.63, 3.8) is 0 Å². The maximum Gasteiger partial charge on any atom is 0.339 e. The lowest BCUT2D eigenvalue weighted by Gasteiger charge is -2.12. The monoisotopic (exact) mass is 222 g/mol. The lowest BCUT2D eigenvalue weighted by molar-refractivity contribution is 0.0602. The summed E-state index contributed by atoms with van der Waals surface area (Å²) in [6.45, 7) is 0.898. The van der Waals surface area contributed by atoms with Crippen molar-refractivity contribution in [3.8, 4) is 0 Å². The first-order valence-corrected chi connectivity index (χ1v) is 5.16. The van der Waals surface area contributed by atoms with Crippen molar-refractivity contribution in [2.75, 3.05) is 33.5 Å². The Bertz CT molecular complexity index is 375. The molecule has 0 bridgehead atoms. The zero-order chi connectivity index (χ0) is 12.1. The lowest BCUT2D eigenvalue weighted by Crippen LogP contribution is -2.16. The van der Waals surface area contributed by atoms with E-state index in [-0.39, 0.29) is 5.97 Å². The average Bonchev–Trinajstić information content (AvgIpc) is 2.26. The summed E-state index contributed by atoms with van der Waals surface area (Å²) in [5, 5.41) is 0. The standard InChI is InChI=1S/C12H18N2O2/c1-14(2)8-7-9-5-4-6-10(11(9)13)12(15)16-3/h4-6H,7-8,13H2,1-3H3. The minimum absolute atomic E-state index is 0.385. The highest BCUT2D eigenvalue weighted by molar-refractivity contribution is 5.95. The van der Waals surface area contributed by atoms with Crippen LogP contribution in [-0.4, -0.2) is 38.6 Å². The van der Waals surface area contributed by atoms with E-state index in [4.69, 9.17) is 5.73 Å². The van der Waals surface area contributed by atoms with Gasteiger partial charge in [-0.15, -0.1) is 0 Å². The van der Waals surface area contributed by atoms with E-state index in [1.54, 1.807) is 6.07 Å². The summed E-state index contributed by atoms with van der Waals surface area (Å²) in [4.78, 5) is 13.5. The van der Waals surface area contributed by atoms with Crippen LogP contribution in [0.4, 0.5) is 5.69 Å². The van der Waals surface area contributed by atoms with Gasteiger partial charge in [0.15, 0.2) is 0 Å². The summed E-state index contributed by atoms with van der Waals surface area (Å²) in [5.41, 5.74) is 7.88. The van der Waals surface area contributed by atoms with Crippen molar-refractivity contribution >= 4 is 11.7 Å². The van der Waals surface area contributed by atoms with Crippen molar-refractivity contribution in [3.05, 3.63) is 29.3 Å². The van der Waals surface area contributed by atoms with Crippen LogP contribution < -0.4 is 5.73 Å². The first-order chi connectivity index (χ1) is 7.56. The van der Waals surface area contributed by atoms with Crippen LogP contribution in [0.25, 0.3) is 0 Å². The first-order valence-electron chi connectivity index (χ1n) is 5.16. The molecule has 0 radical (unpaired) electrons. The first kappa shape index (κ1) is 12.5. The molecule has 2 N–H and O–H groups in total. The number of ether oxygens (including phenoxy) is 1. The molecule has 0 spiro atoms. The number of hydrogen-bond acceptors (Lipinski definition) is 4. The number of carbonyl (C=O) groups is 1. The SMILES string of the molecule is COC(=O)c1cccc(CCN(C)C)c1N. The van der Waals surface area contributed by atoms with Gasteiger partial charge in [-0.3, -0.25) is 0 Å². The summed E-state index contributed by atoms with van der Waals surface area (Å²) < 4.78 is 4.67. The molecule has 1 aromatic rings. The number of likely N-dealkylation sites (N-methyl/N-ethyl adjacent to an activating group) is 1. The van der Waals surface area contributed by atoms with Crippen LogP contribution in [-0.2, 0) is 11.2 Å². The third kappa shape index (κ3) is 2.97. The van der Waals surface area contributed by atoms with Crippen molar-refractivity contribution in [1.82, 2.24) is 4.90 Å². The molecule has 0 fully saturated rings. The van der Waals surface area contributed by atoms with Gasteiger partial charge in [-0.05, 0) is 32.1 Å². The second-order valence-electron chi connectivity index (χ2n) is 3.92. The fourth-order valence-corrected chi connectivity index (χ4v) is 1.46. The molecular weight excluding hydrogens is 204 g/mol. The van der Waals surface area contributed by atoms with Crippen LogP contribution in [0.2, 0.25) is 0 Å². The van der Waals surface area contributed by atoms with Gasteiger partial charge in [-0.1, -0.05) is 12.1 Å². The highest BCUT2D eigenvalue weighted by Crippen LogP contribution is 2.18. The van der Waals surface area contributed by atoms with E-state index >= 15 is 0 Å². The van der Waals surface area contributed by atoms with Gasteiger partial charge in [0.25, 0.3) is 0 Å². The smallest absolute Gasteiger partial charge is 0.339 e. The Balaban J connectivity index is 2.90. The third-order valence-corrected chi connectivity index (χ3v) is 2.43. The summed E-state index contributed by atoms with van der Waals surface area (Å²) >= 11 is 0. The maximum atomic E-state index is 11.4. The zero-order valence-corrected chi connectivity index (χ0v) is 9.99. The fourth-order valence-electron chi connectivity index (χ4n) is 1.46. The van der Waals surface area contributed by atoms with E-state index in [1.807, 2.05) is 26.2 Å².